The van der Waals surface area contributed by atoms with Gasteiger partial charge in [-0.25, -0.2) is 0 Å². The van der Waals surface area contributed by atoms with Crippen LogP contribution in [-0.4, -0.2) is 24.7 Å². The van der Waals surface area contributed by atoms with Crippen LogP contribution in [-0.2, 0) is 6.32 Å². The Kier molecular flexibility index (Phi) is 3.57. The molecule has 74 valence electrons. The van der Waals surface area contributed by atoms with Gasteiger partial charge < -0.3 is 10.5 Å². The van der Waals surface area contributed by atoms with Crippen molar-refractivity contribution in [3.8, 4) is 0 Å². The van der Waals surface area contributed by atoms with Crippen molar-refractivity contribution in [3.63, 3.8) is 0 Å². The lowest BCUT2D eigenvalue weighted by Gasteiger charge is -2.22. The molecular formula is C10H16BN3. The van der Waals surface area contributed by atoms with Gasteiger partial charge in [0, 0.05) is 0 Å². The van der Waals surface area contributed by atoms with Crippen molar-refractivity contribution in [2.45, 2.75) is 13.1 Å². The zero-order chi connectivity index (χ0) is 10.6. The Labute approximate surface area is 85.5 Å². The van der Waals surface area contributed by atoms with E-state index in [1.807, 2.05) is 25.2 Å². The highest BCUT2D eigenvalue weighted by Gasteiger charge is 2.15. The largest absolute Gasteiger partial charge is 0.390 e. The standard InChI is InChI=1S/C10H16BN3/c1-11(14(2)10(12)13)8-9-6-4-3-5-7-9/h3-7H,8H2,1-2H3,(H3,12,13). The molecule has 4 heteroatoms. The smallest absolute Gasteiger partial charge is 0.258 e. The number of hydrogen-bond acceptors (Lipinski definition) is 1. The van der Waals surface area contributed by atoms with Crippen LogP contribution in [0.2, 0.25) is 6.82 Å². The van der Waals surface area contributed by atoms with E-state index >= 15 is 0 Å². The summed E-state index contributed by atoms with van der Waals surface area (Å²) in [7, 11) is 1.84. The highest BCUT2D eigenvalue weighted by Crippen LogP contribution is 2.03. The van der Waals surface area contributed by atoms with Crippen LogP contribution in [0.25, 0.3) is 0 Å². The van der Waals surface area contributed by atoms with Crippen LogP contribution >= 0.6 is 0 Å². The van der Waals surface area contributed by atoms with Crippen LogP contribution in [0.1, 0.15) is 5.56 Å². The fourth-order valence-corrected chi connectivity index (χ4v) is 1.33. The molecule has 1 rings (SSSR count). The Hall–Kier alpha value is -1.45. The molecule has 0 aliphatic rings. The zero-order valence-electron chi connectivity index (χ0n) is 8.70. The highest BCUT2D eigenvalue weighted by molar-refractivity contribution is 6.56. The maximum absolute atomic E-state index is 7.30. The Balaban J connectivity index is 2.57. The maximum atomic E-state index is 7.30. The van der Waals surface area contributed by atoms with Gasteiger partial charge in [-0.05, 0) is 13.4 Å². The quantitative estimate of drug-likeness (QED) is 0.426. The molecule has 0 aliphatic carbocycles. The summed E-state index contributed by atoms with van der Waals surface area (Å²) in [6.45, 7) is 2.32. The maximum Gasteiger partial charge on any atom is 0.258 e. The molecule has 0 amide bonds. The van der Waals surface area contributed by atoms with Crippen LogP contribution in [0, 0.1) is 5.41 Å². The molecule has 0 saturated carbocycles. The summed E-state index contributed by atoms with van der Waals surface area (Å²) in [5.41, 5.74) is 6.67. The SMILES string of the molecule is CB(Cc1ccccc1)N(C)C(=N)N. The fraction of sp³-hybridized carbons (Fsp3) is 0.300. The summed E-state index contributed by atoms with van der Waals surface area (Å²) in [6, 6.07) is 10.2. The highest BCUT2D eigenvalue weighted by atomic mass is 15.2. The van der Waals surface area contributed by atoms with Crippen LogP contribution in [0.3, 0.4) is 0 Å². The van der Waals surface area contributed by atoms with E-state index in [2.05, 4.69) is 19.0 Å². The normalized spacial score (nSPS) is 9.57. The molecule has 0 atom stereocenters. The minimum atomic E-state index is 0.119. The Bertz CT molecular complexity index is 299. The van der Waals surface area contributed by atoms with Gasteiger partial charge >= 0.3 is 0 Å². The second kappa shape index (κ2) is 4.70. The van der Waals surface area contributed by atoms with E-state index in [9.17, 15) is 0 Å². The number of nitrogens with one attached hydrogen (secondary N) is 1. The molecule has 14 heavy (non-hydrogen) atoms. The molecule has 0 heterocycles. The number of rotatable bonds is 3. The Morgan fingerprint density at radius 1 is 1.43 bits per heavy atom. The van der Waals surface area contributed by atoms with Gasteiger partial charge in [-0.3, -0.25) is 5.41 Å². The van der Waals surface area contributed by atoms with Crippen LogP contribution < -0.4 is 5.73 Å². The van der Waals surface area contributed by atoms with Crippen molar-refractivity contribution < 1.29 is 0 Å². The lowest BCUT2D eigenvalue weighted by Crippen LogP contribution is -2.44. The molecule has 3 N–H and O–H groups in total. The molecule has 0 saturated heterocycles. The summed E-state index contributed by atoms with van der Waals surface area (Å²) >= 11 is 0. The summed E-state index contributed by atoms with van der Waals surface area (Å²) in [6.07, 6.45) is 0.914. The lowest BCUT2D eigenvalue weighted by molar-refractivity contribution is 0.749. The third kappa shape index (κ3) is 2.80. The molecule has 0 unspecified atom stereocenters. The van der Waals surface area contributed by atoms with Gasteiger partial charge in [-0.2, -0.15) is 0 Å². The number of nitrogens with two attached hydrogens (primary N) is 1. The number of guanidine groups is 1. The summed E-state index contributed by atoms with van der Waals surface area (Å²) < 4.78 is 0. The molecule has 1 aromatic carbocycles. The molecule has 0 radical (unpaired) electrons. The molecule has 0 aliphatic heterocycles. The van der Waals surface area contributed by atoms with E-state index in [1.54, 1.807) is 4.81 Å². The van der Waals surface area contributed by atoms with E-state index in [0.29, 0.717) is 0 Å². The van der Waals surface area contributed by atoms with Gasteiger partial charge in [0.15, 0.2) is 5.96 Å². The summed E-state index contributed by atoms with van der Waals surface area (Å²) in [5, 5.41) is 7.30. The van der Waals surface area contributed by atoms with Gasteiger partial charge in [0.05, 0.1) is 0 Å². The molecule has 0 fully saturated rings. The average Bonchev–Trinajstić information content (AvgIpc) is 2.18. The first-order valence-corrected chi connectivity index (χ1v) is 4.72. The van der Waals surface area contributed by atoms with E-state index in [1.165, 1.54) is 5.56 Å². The van der Waals surface area contributed by atoms with Crippen molar-refractivity contribution in [3.05, 3.63) is 35.9 Å². The van der Waals surface area contributed by atoms with Gasteiger partial charge in [-0.15, -0.1) is 0 Å². The monoisotopic (exact) mass is 189 g/mol. The fourth-order valence-electron chi connectivity index (χ4n) is 1.33. The third-order valence-corrected chi connectivity index (χ3v) is 2.42. The molecule has 0 aromatic heterocycles. The first kappa shape index (κ1) is 10.6. The molecule has 0 spiro atoms. The van der Waals surface area contributed by atoms with Crippen LogP contribution in [0.4, 0.5) is 0 Å². The van der Waals surface area contributed by atoms with E-state index in [4.69, 9.17) is 11.1 Å². The summed E-state index contributed by atoms with van der Waals surface area (Å²) in [4.78, 5) is 1.77. The van der Waals surface area contributed by atoms with Crippen molar-refractivity contribution in [1.82, 2.24) is 4.81 Å². The van der Waals surface area contributed by atoms with Crippen molar-refractivity contribution in [2.24, 2.45) is 5.73 Å². The van der Waals surface area contributed by atoms with E-state index < -0.39 is 0 Å². The second-order valence-electron chi connectivity index (χ2n) is 3.53. The Morgan fingerprint density at radius 2 is 2.00 bits per heavy atom. The summed E-state index contributed by atoms with van der Waals surface area (Å²) in [5.74, 6) is 0.119. The first-order chi connectivity index (χ1) is 6.61. The molecule has 1 aromatic rings. The van der Waals surface area contributed by atoms with Crippen LogP contribution in [0.5, 0.6) is 0 Å². The average molecular weight is 189 g/mol. The van der Waals surface area contributed by atoms with Crippen molar-refractivity contribution >= 4 is 12.8 Å². The minimum Gasteiger partial charge on any atom is -0.390 e. The molecular weight excluding hydrogens is 173 g/mol. The molecule has 3 nitrogen and oxygen atoms in total. The minimum absolute atomic E-state index is 0.119. The van der Waals surface area contributed by atoms with Crippen LogP contribution in [0.15, 0.2) is 30.3 Å². The predicted octanol–water partition coefficient (Wildman–Crippen LogP) is 1.21. The van der Waals surface area contributed by atoms with Gasteiger partial charge in [0.25, 0.3) is 6.85 Å². The topological polar surface area (TPSA) is 53.1 Å². The van der Waals surface area contributed by atoms with Gasteiger partial charge in [0.2, 0.25) is 0 Å². The van der Waals surface area contributed by atoms with E-state index in [-0.39, 0.29) is 12.8 Å². The number of benzene rings is 1. The first-order valence-electron chi connectivity index (χ1n) is 4.72. The third-order valence-electron chi connectivity index (χ3n) is 2.42. The lowest BCUT2D eigenvalue weighted by atomic mass is 9.58. The van der Waals surface area contributed by atoms with Crippen molar-refractivity contribution in [1.29, 1.82) is 5.41 Å². The van der Waals surface area contributed by atoms with Crippen molar-refractivity contribution in [2.75, 3.05) is 7.05 Å². The predicted molar refractivity (Wildman–Crippen MR) is 61.4 cm³/mol. The number of hydrogen-bond donors (Lipinski definition) is 2. The van der Waals surface area contributed by atoms with Gasteiger partial charge in [-0.1, -0.05) is 42.7 Å². The van der Waals surface area contributed by atoms with Gasteiger partial charge in [0.1, 0.15) is 0 Å². The molecule has 0 bridgehead atoms. The van der Waals surface area contributed by atoms with E-state index in [0.717, 1.165) is 6.32 Å². The number of nitrogens with zero attached hydrogens (tertiary/aromatic N) is 1. The Morgan fingerprint density at radius 3 is 2.50 bits per heavy atom. The second-order valence-corrected chi connectivity index (χ2v) is 3.53. The zero-order valence-corrected chi connectivity index (χ0v) is 8.70.